The van der Waals surface area contributed by atoms with Crippen LogP contribution in [0.1, 0.15) is 5.56 Å². The van der Waals surface area contributed by atoms with Crippen molar-refractivity contribution in [2.24, 2.45) is 0 Å². The SMILES string of the molecule is Cc1c(-n2ccnc2)nn2ccccc12. The number of rotatable bonds is 1. The van der Waals surface area contributed by atoms with Crippen molar-refractivity contribution in [2.45, 2.75) is 6.92 Å². The Kier molecular flexibility index (Phi) is 1.62. The van der Waals surface area contributed by atoms with Crippen molar-refractivity contribution in [3.05, 3.63) is 48.7 Å². The maximum Gasteiger partial charge on any atom is 0.163 e. The highest BCUT2D eigenvalue weighted by Gasteiger charge is 2.08. The molecule has 3 heterocycles. The highest BCUT2D eigenvalue weighted by atomic mass is 15.3. The van der Waals surface area contributed by atoms with Crippen LogP contribution in [-0.4, -0.2) is 19.2 Å². The first kappa shape index (κ1) is 8.23. The second-order valence-corrected chi connectivity index (χ2v) is 3.45. The third-order valence-electron chi connectivity index (χ3n) is 2.51. The van der Waals surface area contributed by atoms with Gasteiger partial charge in [0.25, 0.3) is 0 Å². The zero-order valence-electron chi connectivity index (χ0n) is 8.33. The average molecular weight is 198 g/mol. The maximum atomic E-state index is 4.49. The van der Waals surface area contributed by atoms with Crippen LogP contribution >= 0.6 is 0 Å². The Bertz CT molecular complexity index is 592. The smallest absolute Gasteiger partial charge is 0.163 e. The molecule has 3 aromatic rings. The predicted molar refractivity (Wildman–Crippen MR) is 57.1 cm³/mol. The normalized spacial score (nSPS) is 11.0. The minimum absolute atomic E-state index is 0.929. The summed E-state index contributed by atoms with van der Waals surface area (Å²) >= 11 is 0. The summed E-state index contributed by atoms with van der Waals surface area (Å²) in [7, 11) is 0. The van der Waals surface area contributed by atoms with E-state index in [1.165, 1.54) is 0 Å². The van der Waals surface area contributed by atoms with Gasteiger partial charge in [-0.25, -0.2) is 9.50 Å². The van der Waals surface area contributed by atoms with Crippen molar-refractivity contribution in [3.63, 3.8) is 0 Å². The molecule has 0 aliphatic rings. The van der Waals surface area contributed by atoms with Crippen LogP contribution in [0.25, 0.3) is 11.3 Å². The molecule has 0 N–H and O–H groups in total. The summed E-state index contributed by atoms with van der Waals surface area (Å²) in [5, 5.41) is 4.49. The van der Waals surface area contributed by atoms with E-state index in [1.54, 1.807) is 12.5 Å². The molecule has 0 unspecified atom stereocenters. The Morgan fingerprint density at radius 1 is 1.20 bits per heavy atom. The Balaban J connectivity index is 2.33. The largest absolute Gasteiger partial charge is 0.289 e. The molecule has 0 saturated heterocycles. The number of fused-ring (bicyclic) bond motifs is 1. The van der Waals surface area contributed by atoms with Crippen molar-refractivity contribution in [3.8, 4) is 5.82 Å². The first-order chi connectivity index (χ1) is 7.36. The average Bonchev–Trinajstić information content (AvgIpc) is 2.87. The first-order valence-corrected chi connectivity index (χ1v) is 4.78. The third-order valence-corrected chi connectivity index (χ3v) is 2.51. The Labute approximate surface area is 86.8 Å². The van der Waals surface area contributed by atoms with Crippen molar-refractivity contribution >= 4 is 5.52 Å². The summed E-state index contributed by atoms with van der Waals surface area (Å²) in [6.45, 7) is 2.07. The lowest BCUT2D eigenvalue weighted by Crippen LogP contribution is -1.93. The second kappa shape index (κ2) is 2.95. The molecule has 0 aromatic carbocycles. The summed E-state index contributed by atoms with van der Waals surface area (Å²) in [5.74, 6) is 0.929. The lowest BCUT2D eigenvalue weighted by molar-refractivity contribution is 0.893. The second-order valence-electron chi connectivity index (χ2n) is 3.45. The maximum absolute atomic E-state index is 4.49. The first-order valence-electron chi connectivity index (χ1n) is 4.78. The van der Waals surface area contributed by atoms with Crippen LogP contribution in [0.15, 0.2) is 43.1 Å². The molecule has 0 atom stereocenters. The van der Waals surface area contributed by atoms with Crippen LogP contribution in [0.2, 0.25) is 0 Å². The highest BCUT2D eigenvalue weighted by Crippen LogP contribution is 2.17. The van der Waals surface area contributed by atoms with E-state index < -0.39 is 0 Å². The van der Waals surface area contributed by atoms with Gasteiger partial charge in [-0.15, -0.1) is 5.10 Å². The van der Waals surface area contributed by atoms with E-state index in [-0.39, 0.29) is 0 Å². The highest BCUT2D eigenvalue weighted by molar-refractivity contribution is 5.60. The van der Waals surface area contributed by atoms with E-state index in [2.05, 4.69) is 23.1 Å². The molecule has 0 amide bonds. The number of hydrogen-bond acceptors (Lipinski definition) is 2. The van der Waals surface area contributed by atoms with Crippen molar-refractivity contribution in [1.82, 2.24) is 19.2 Å². The number of aromatic nitrogens is 4. The summed E-state index contributed by atoms with van der Waals surface area (Å²) in [6, 6.07) is 6.04. The van der Waals surface area contributed by atoms with E-state index in [4.69, 9.17) is 0 Å². The van der Waals surface area contributed by atoms with Crippen LogP contribution in [0.4, 0.5) is 0 Å². The number of pyridine rings is 1. The van der Waals surface area contributed by atoms with E-state index in [0.717, 1.165) is 16.9 Å². The van der Waals surface area contributed by atoms with E-state index in [1.807, 2.05) is 33.6 Å². The van der Waals surface area contributed by atoms with E-state index in [0.29, 0.717) is 0 Å². The van der Waals surface area contributed by atoms with Gasteiger partial charge in [0.2, 0.25) is 0 Å². The lowest BCUT2D eigenvalue weighted by atomic mass is 10.3. The van der Waals surface area contributed by atoms with Gasteiger partial charge in [0, 0.05) is 24.2 Å². The van der Waals surface area contributed by atoms with E-state index >= 15 is 0 Å². The van der Waals surface area contributed by atoms with Crippen LogP contribution < -0.4 is 0 Å². The predicted octanol–water partition coefficient (Wildman–Crippen LogP) is 1.83. The Morgan fingerprint density at radius 2 is 2.13 bits per heavy atom. The summed E-state index contributed by atoms with van der Waals surface area (Å²) < 4.78 is 3.80. The van der Waals surface area contributed by atoms with Gasteiger partial charge >= 0.3 is 0 Å². The summed E-state index contributed by atoms with van der Waals surface area (Å²) in [5.41, 5.74) is 2.29. The van der Waals surface area contributed by atoms with Crippen LogP contribution in [0.5, 0.6) is 0 Å². The van der Waals surface area contributed by atoms with Crippen molar-refractivity contribution in [1.29, 1.82) is 0 Å². The van der Waals surface area contributed by atoms with Crippen molar-refractivity contribution in [2.75, 3.05) is 0 Å². The molecule has 15 heavy (non-hydrogen) atoms. The Morgan fingerprint density at radius 3 is 2.87 bits per heavy atom. The van der Waals surface area contributed by atoms with Gasteiger partial charge < -0.3 is 0 Å². The molecule has 0 radical (unpaired) electrons. The lowest BCUT2D eigenvalue weighted by Gasteiger charge is -1.95. The molecule has 3 aromatic heterocycles. The molecule has 0 aliphatic heterocycles. The number of imidazole rings is 1. The molecule has 4 nitrogen and oxygen atoms in total. The molecule has 0 aliphatic carbocycles. The minimum atomic E-state index is 0.929. The topological polar surface area (TPSA) is 35.1 Å². The quantitative estimate of drug-likeness (QED) is 0.598. The van der Waals surface area contributed by atoms with Gasteiger partial charge in [0.05, 0.1) is 5.52 Å². The van der Waals surface area contributed by atoms with Crippen LogP contribution in [0, 0.1) is 6.92 Å². The molecule has 4 heteroatoms. The monoisotopic (exact) mass is 198 g/mol. The fraction of sp³-hybridized carbons (Fsp3) is 0.0909. The van der Waals surface area contributed by atoms with Gasteiger partial charge in [0.15, 0.2) is 5.82 Å². The fourth-order valence-electron chi connectivity index (χ4n) is 1.74. The number of aryl methyl sites for hydroxylation is 1. The van der Waals surface area contributed by atoms with E-state index in [9.17, 15) is 0 Å². The zero-order valence-corrected chi connectivity index (χ0v) is 8.33. The fourth-order valence-corrected chi connectivity index (χ4v) is 1.74. The number of nitrogens with zero attached hydrogens (tertiary/aromatic N) is 4. The summed E-state index contributed by atoms with van der Waals surface area (Å²) in [4.78, 5) is 4.02. The van der Waals surface area contributed by atoms with Crippen molar-refractivity contribution < 1.29 is 0 Å². The van der Waals surface area contributed by atoms with Gasteiger partial charge in [-0.2, -0.15) is 0 Å². The Hall–Kier alpha value is -2.10. The minimum Gasteiger partial charge on any atom is -0.289 e. The van der Waals surface area contributed by atoms with Gasteiger partial charge in [-0.1, -0.05) is 6.07 Å². The van der Waals surface area contributed by atoms with Gasteiger partial charge in [0.1, 0.15) is 6.33 Å². The molecule has 0 spiro atoms. The molecule has 74 valence electrons. The molecular weight excluding hydrogens is 188 g/mol. The number of hydrogen-bond donors (Lipinski definition) is 0. The molecule has 0 fully saturated rings. The molecule has 3 rings (SSSR count). The summed E-state index contributed by atoms with van der Waals surface area (Å²) in [6.07, 6.45) is 7.36. The third kappa shape index (κ3) is 1.15. The molecule has 0 saturated carbocycles. The molecule has 0 bridgehead atoms. The van der Waals surface area contributed by atoms with Gasteiger partial charge in [-0.3, -0.25) is 4.57 Å². The van der Waals surface area contributed by atoms with Crippen LogP contribution in [-0.2, 0) is 0 Å². The van der Waals surface area contributed by atoms with Gasteiger partial charge in [-0.05, 0) is 19.1 Å². The zero-order chi connectivity index (χ0) is 10.3. The standard InChI is InChI=1S/C11H10N4/c1-9-10-4-2-3-6-15(10)13-11(9)14-7-5-12-8-14/h2-8H,1H3. The molecular formula is C11H10N4. The van der Waals surface area contributed by atoms with Crippen LogP contribution in [0.3, 0.4) is 0 Å².